The molecule has 7 heteroatoms. The number of hydrogen-bond donors (Lipinski definition) is 3. The zero-order valence-electron chi connectivity index (χ0n) is 13.7. The molecule has 0 aliphatic carbocycles. The van der Waals surface area contributed by atoms with Gasteiger partial charge in [-0.2, -0.15) is 0 Å². The molecule has 26 heavy (non-hydrogen) atoms. The molecule has 0 bridgehead atoms. The van der Waals surface area contributed by atoms with Gasteiger partial charge in [-0.3, -0.25) is 14.8 Å². The van der Waals surface area contributed by atoms with E-state index >= 15 is 0 Å². The van der Waals surface area contributed by atoms with E-state index in [9.17, 15) is 9.59 Å². The average molecular weight is 368 g/mol. The summed E-state index contributed by atoms with van der Waals surface area (Å²) in [6.45, 7) is 0. The molecular formula is C19H14ClN3O3. The summed E-state index contributed by atoms with van der Waals surface area (Å²) in [5.41, 5.74) is 2.43. The summed E-state index contributed by atoms with van der Waals surface area (Å²) in [6, 6.07) is 14.6. The van der Waals surface area contributed by atoms with Crippen LogP contribution in [0.4, 0.5) is 0 Å². The van der Waals surface area contributed by atoms with Crippen LogP contribution >= 0.6 is 11.6 Å². The quantitative estimate of drug-likeness (QED) is 0.517. The van der Waals surface area contributed by atoms with E-state index in [1.807, 2.05) is 36.4 Å². The fourth-order valence-corrected chi connectivity index (χ4v) is 3.14. The van der Waals surface area contributed by atoms with Crippen LogP contribution < -0.4 is 16.0 Å². The predicted octanol–water partition coefficient (Wildman–Crippen LogP) is 3.54. The molecule has 2 heterocycles. The van der Waals surface area contributed by atoms with E-state index in [4.69, 9.17) is 16.3 Å². The maximum atomic E-state index is 12.5. The van der Waals surface area contributed by atoms with E-state index in [0.29, 0.717) is 33.1 Å². The van der Waals surface area contributed by atoms with Crippen LogP contribution in [-0.2, 0) is 0 Å². The first-order chi connectivity index (χ1) is 12.6. The number of H-pyrrole nitrogens is 3. The van der Waals surface area contributed by atoms with Gasteiger partial charge in [-0.05, 0) is 35.4 Å². The number of nitrogens with one attached hydrogen (secondary N) is 3. The van der Waals surface area contributed by atoms with Gasteiger partial charge in [0.2, 0.25) is 0 Å². The molecule has 0 atom stereocenters. The first-order valence-electron chi connectivity index (χ1n) is 7.85. The molecule has 3 N–H and O–H groups in total. The zero-order valence-corrected chi connectivity index (χ0v) is 14.5. The van der Waals surface area contributed by atoms with Crippen molar-refractivity contribution in [3.63, 3.8) is 0 Å². The van der Waals surface area contributed by atoms with Crippen molar-refractivity contribution in [3.8, 4) is 28.1 Å². The van der Waals surface area contributed by atoms with Gasteiger partial charge in [-0.1, -0.05) is 35.9 Å². The van der Waals surface area contributed by atoms with Gasteiger partial charge in [0.1, 0.15) is 11.4 Å². The normalized spacial score (nSPS) is 11.0. The van der Waals surface area contributed by atoms with Crippen LogP contribution in [-0.4, -0.2) is 22.1 Å². The molecule has 0 spiro atoms. The van der Waals surface area contributed by atoms with E-state index in [1.54, 1.807) is 19.2 Å². The van der Waals surface area contributed by atoms with Crippen molar-refractivity contribution in [2.45, 2.75) is 0 Å². The largest absolute Gasteiger partial charge is 0.497 e. The number of aromatic amines is 3. The van der Waals surface area contributed by atoms with E-state index in [0.717, 1.165) is 11.1 Å². The standard InChI is InChI=1S/C19H14ClN3O3/c1-26-13-8-4-10(5-9-13)14-15-17(22-19(25)23-18(15)24)21-16(14)11-2-6-12(20)7-3-11/h2-9H,1H3,(H3,21,22,23,24,25). The Morgan fingerprint density at radius 1 is 0.846 bits per heavy atom. The molecule has 2 aromatic heterocycles. The Kier molecular flexibility index (Phi) is 3.89. The van der Waals surface area contributed by atoms with Crippen molar-refractivity contribution < 1.29 is 4.74 Å². The second kappa shape index (κ2) is 6.24. The number of rotatable bonds is 3. The van der Waals surface area contributed by atoms with Crippen LogP contribution in [0, 0.1) is 0 Å². The molecule has 0 unspecified atom stereocenters. The zero-order chi connectivity index (χ0) is 18.3. The second-order valence-electron chi connectivity index (χ2n) is 5.77. The highest BCUT2D eigenvalue weighted by Crippen LogP contribution is 2.36. The highest BCUT2D eigenvalue weighted by molar-refractivity contribution is 6.30. The first-order valence-corrected chi connectivity index (χ1v) is 8.23. The van der Waals surface area contributed by atoms with Crippen LogP contribution in [0.15, 0.2) is 58.1 Å². The summed E-state index contributed by atoms with van der Waals surface area (Å²) < 4.78 is 5.20. The Morgan fingerprint density at radius 3 is 2.15 bits per heavy atom. The van der Waals surface area contributed by atoms with Crippen LogP contribution in [0.2, 0.25) is 5.02 Å². The van der Waals surface area contributed by atoms with Crippen LogP contribution in [0.3, 0.4) is 0 Å². The van der Waals surface area contributed by atoms with Crippen molar-refractivity contribution in [2.24, 2.45) is 0 Å². The van der Waals surface area contributed by atoms with Gasteiger partial charge in [0, 0.05) is 10.6 Å². The highest BCUT2D eigenvalue weighted by Gasteiger charge is 2.18. The number of methoxy groups -OCH3 is 1. The third-order valence-electron chi connectivity index (χ3n) is 4.20. The number of benzene rings is 2. The third kappa shape index (κ3) is 2.70. The molecule has 4 rings (SSSR count). The first kappa shape index (κ1) is 16.2. The van der Waals surface area contributed by atoms with E-state index in [1.165, 1.54) is 0 Å². The monoisotopic (exact) mass is 367 g/mol. The SMILES string of the molecule is COc1ccc(-c2c(-c3ccc(Cl)cc3)[nH]c3[nH]c(=O)[nH]c(=O)c23)cc1. The lowest BCUT2D eigenvalue weighted by molar-refractivity contribution is 0.415. The molecule has 0 saturated carbocycles. The Morgan fingerprint density at radius 2 is 1.50 bits per heavy atom. The molecule has 6 nitrogen and oxygen atoms in total. The number of hydrogen-bond acceptors (Lipinski definition) is 3. The van der Waals surface area contributed by atoms with Crippen molar-refractivity contribution in [2.75, 3.05) is 7.11 Å². The molecule has 130 valence electrons. The molecule has 0 saturated heterocycles. The van der Waals surface area contributed by atoms with Crippen molar-refractivity contribution >= 4 is 22.6 Å². The number of aromatic nitrogens is 3. The van der Waals surface area contributed by atoms with Gasteiger partial charge < -0.3 is 9.72 Å². The molecule has 0 aliphatic heterocycles. The molecular weight excluding hydrogens is 354 g/mol. The highest BCUT2D eigenvalue weighted by atomic mass is 35.5. The van der Waals surface area contributed by atoms with E-state index in [2.05, 4.69) is 15.0 Å². The van der Waals surface area contributed by atoms with Gasteiger partial charge in [-0.15, -0.1) is 0 Å². The van der Waals surface area contributed by atoms with Gasteiger partial charge in [0.05, 0.1) is 18.2 Å². The average Bonchev–Trinajstić information content (AvgIpc) is 3.02. The number of ether oxygens (including phenoxy) is 1. The Labute approximate surface area is 152 Å². The van der Waals surface area contributed by atoms with Gasteiger partial charge in [0.15, 0.2) is 0 Å². The van der Waals surface area contributed by atoms with Crippen molar-refractivity contribution in [1.29, 1.82) is 0 Å². The summed E-state index contributed by atoms with van der Waals surface area (Å²) in [5.74, 6) is 0.712. The fraction of sp³-hybridized carbons (Fsp3) is 0.0526. The molecule has 0 amide bonds. The van der Waals surface area contributed by atoms with Crippen LogP contribution in [0.1, 0.15) is 0 Å². The molecule has 2 aromatic carbocycles. The lowest BCUT2D eigenvalue weighted by atomic mass is 9.99. The number of halogens is 1. The summed E-state index contributed by atoms with van der Waals surface area (Å²) in [7, 11) is 1.59. The molecule has 0 fully saturated rings. The summed E-state index contributed by atoms with van der Waals surface area (Å²) >= 11 is 5.99. The third-order valence-corrected chi connectivity index (χ3v) is 4.46. The van der Waals surface area contributed by atoms with E-state index < -0.39 is 11.2 Å². The predicted molar refractivity (Wildman–Crippen MR) is 102 cm³/mol. The van der Waals surface area contributed by atoms with E-state index in [-0.39, 0.29) is 0 Å². The Hall–Kier alpha value is -3.25. The van der Waals surface area contributed by atoms with Crippen molar-refractivity contribution in [3.05, 3.63) is 74.4 Å². The summed E-state index contributed by atoms with van der Waals surface area (Å²) in [4.78, 5) is 32.2. The molecule has 0 radical (unpaired) electrons. The maximum Gasteiger partial charge on any atom is 0.327 e. The van der Waals surface area contributed by atoms with Crippen LogP contribution in [0.25, 0.3) is 33.4 Å². The maximum absolute atomic E-state index is 12.5. The lowest BCUT2D eigenvalue weighted by Crippen LogP contribution is -2.21. The van der Waals surface area contributed by atoms with Crippen LogP contribution in [0.5, 0.6) is 5.75 Å². The van der Waals surface area contributed by atoms with Gasteiger partial charge >= 0.3 is 5.69 Å². The molecule has 4 aromatic rings. The second-order valence-corrected chi connectivity index (χ2v) is 6.21. The summed E-state index contributed by atoms with van der Waals surface area (Å²) in [5, 5.41) is 1.00. The lowest BCUT2D eigenvalue weighted by Gasteiger charge is -2.07. The minimum Gasteiger partial charge on any atom is -0.497 e. The van der Waals surface area contributed by atoms with Gasteiger partial charge in [-0.25, -0.2) is 4.79 Å². The smallest absolute Gasteiger partial charge is 0.327 e. The Balaban J connectivity index is 2.07. The fourth-order valence-electron chi connectivity index (χ4n) is 3.01. The van der Waals surface area contributed by atoms with Crippen molar-refractivity contribution in [1.82, 2.24) is 15.0 Å². The summed E-state index contributed by atoms with van der Waals surface area (Å²) in [6.07, 6.45) is 0. The Bertz CT molecular complexity index is 1200. The minimum atomic E-state index is -0.562. The minimum absolute atomic E-state index is 0.370. The molecule has 0 aliphatic rings. The van der Waals surface area contributed by atoms with Gasteiger partial charge in [0.25, 0.3) is 5.56 Å². The topological polar surface area (TPSA) is 90.7 Å². The number of fused-ring (bicyclic) bond motifs is 1.